The van der Waals surface area contributed by atoms with Crippen LogP contribution in [0.4, 0.5) is 5.69 Å². The fourth-order valence-electron chi connectivity index (χ4n) is 1.72. The van der Waals surface area contributed by atoms with Crippen molar-refractivity contribution in [2.45, 2.75) is 0 Å². The van der Waals surface area contributed by atoms with Crippen molar-refractivity contribution in [2.24, 2.45) is 0 Å². The van der Waals surface area contributed by atoms with E-state index in [2.05, 4.69) is 0 Å². The molecule has 5 nitrogen and oxygen atoms in total. The molecule has 21 heavy (non-hydrogen) atoms. The molecule has 0 heterocycles. The van der Waals surface area contributed by atoms with Crippen LogP contribution in [0.1, 0.15) is 11.1 Å². The van der Waals surface area contributed by atoms with Crippen LogP contribution in [0.2, 0.25) is 5.02 Å². The van der Waals surface area contributed by atoms with Gasteiger partial charge in [-0.25, -0.2) is 0 Å². The van der Waals surface area contributed by atoms with Crippen LogP contribution >= 0.6 is 11.6 Å². The smallest absolute Gasteiger partial charge is 0.269 e. The summed E-state index contributed by atoms with van der Waals surface area (Å²) in [5, 5.41) is 29.3. The number of nitrogens with zero attached hydrogens (tertiary/aromatic N) is 2. The van der Waals surface area contributed by atoms with Gasteiger partial charge in [-0.1, -0.05) is 17.7 Å². The van der Waals surface area contributed by atoms with Gasteiger partial charge in [-0.15, -0.1) is 0 Å². The minimum absolute atomic E-state index is 0.0382. The number of phenolic OH excluding ortho intramolecular Hbond substituents is 1. The fraction of sp³-hybridized carbons (Fsp3) is 0. The Morgan fingerprint density at radius 3 is 2.48 bits per heavy atom. The van der Waals surface area contributed by atoms with Gasteiger partial charge in [0, 0.05) is 12.1 Å². The summed E-state index contributed by atoms with van der Waals surface area (Å²) in [7, 11) is 0. The highest BCUT2D eigenvalue weighted by atomic mass is 35.5. The van der Waals surface area contributed by atoms with Gasteiger partial charge in [0.15, 0.2) is 0 Å². The van der Waals surface area contributed by atoms with Crippen molar-refractivity contribution in [1.82, 2.24) is 0 Å². The van der Waals surface area contributed by atoms with Crippen molar-refractivity contribution in [3.8, 4) is 11.8 Å². The molecule has 0 radical (unpaired) electrons. The molecule has 0 aliphatic rings. The Hall–Kier alpha value is -2.84. The second kappa shape index (κ2) is 6.07. The first-order valence-corrected chi connectivity index (χ1v) is 6.24. The van der Waals surface area contributed by atoms with Crippen molar-refractivity contribution in [3.63, 3.8) is 0 Å². The van der Waals surface area contributed by atoms with E-state index in [1.807, 2.05) is 6.07 Å². The quantitative estimate of drug-likeness (QED) is 0.401. The molecule has 0 atom stereocenters. The number of allylic oxidation sites excluding steroid dienone is 1. The first-order chi connectivity index (χ1) is 10.0. The summed E-state index contributed by atoms with van der Waals surface area (Å²) >= 11 is 5.80. The third kappa shape index (κ3) is 3.38. The zero-order valence-electron chi connectivity index (χ0n) is 10.7. The van der Waals surface area contributed by atoms with Crippen molar-refractivity contribution in [1.29, 1.82) is 5.26 Å². The Labute approximate surface area is 125 Å². The molecular formula is C15H9ClN2O3. The molecule has 2 rings (SSSR count). The lowest BCUT2D eigenvalue weighted by molar-refractivity contribution is -0.384. The highest BCUT2D eigenvalue weighted by molar-refractivity contribution is 6.32. The van der Waals surface area contributed by atoms with E-state index in [1.54, 1.807) is 12.1 Å². The van der Waals surface area contributed by atoms with Gasteiger partial charge < -0.3 is 5.11 Å². The zero-order chi connectivity index (χ0) is 15.4. The SMILES string of the molecule is N#C/C(=C/c1ccc(O)c(Cl)c1)c1ccc([N+](=O)[O-])cc1. The molecule has 0 fully saturated rings. The molecule has 0 aliphatic carbocycles. The number of phenols is 1. The van der Waals surface area contributed by atoms with Crippen molar-refractivity contribution < 1.29 is 10.0 Å². The molecule has 2 aromatic carbocycles. The number of nitriles is 1. The fourth-order valence-corrected chi connectivity index (χ4v) is 1.91. The number of hydrogen-bond acceptors (Lipinski definition) is 4. The molecule has 0 spiro atoms. The molecule has 0 amide bonds. The normalized spacial score (nSPS) is 11.0. The Morgan fingerprint density at radius 2 is 1.95 bits per heavy atom. The van der Waals surface area contributed by atoms with Crippen LogP contribution in [0.5, 0.6) is 5.75 Å². The zero-order valence-corrected chi connectivity index (χ0v) is 11.4. The maximum absolute atomic E-state index is 10.6. The number of nitro groups is 1. The molecule has 0 unspecified atom stereocenters. The first-order valence-electron chi connectivity index (χ1n) is 5.86. The molecule has 1 N–H and O–H groups in total. The predicted molar refractivity (Wildman–Crippen MR) is 79.7 cm³/mol. The van der Waals surface area contributed by atoms with Crippen molar-refractivity contribution in [2.75, 3.05) is 0 Å². The maximum Gasteiger partial charge on any atom is 0.269 e. The van der Waals surface area contributed by atoms with Crippen LogP contribution in [0.25, 0.3) is 11.6 Å². The minimum Gasteiger partial charge on any atom is -0.506 e. The molecule has 0 bridgehead atoms. The Morgan fingerprint density at radius 1 is 1.29 bits per heavy atom. The second-order valence-corrected chi connectivity index (χ2v) is 4.59. The third-order valence-corrected chi connectivity index (χ3v) is 3.10. The summed E-state index contributed by atoms with van der Waals surface area (Å²) < 4.78 is 0. The number of nitro benzene ring substituents is 1. The monoisotopic (exact) mass is 300 g/mol. The predicted octanol–water partition coefficient (Wildman–Crippen LogP) is 4.02. The number of rotatable bonds is 3. The summed E-state index contributed by atoms with van der Waals surface area (Å²) in [5.74, 6) is -0.0392. The average Bonchev–Trinajstić information content (AvgIpc) is 2.48. The Kier molecular flexibility index (Phi) is 4.21. The number of hydrogen-bond donors (Lipinski definition) is 1. The summed E-state index contributed by atoms with van der Waals surface area (Å²) in [6.45, 7) is 0. The van der Waals surface area contributed by atoms with E-state index in [4.69, 9.17) is 11.6 Å². The maximum atomic E-state index is 10.6. The molecule has 0 aliphatic heterocycles. The highest BCUT2D eigenvalue weighted by Crippen LogP contribution is 2.26. The summed E-state index contributed by atoms with van der Waals surface area (Å²) in [4.78, 5) is 10.1. The lowest BCUT2D eigenvalue weighted by Gasteiger charge is -2.01. The van der Waals surface area contributed by atoms with E-state index in [1.165, 1.54) is 36.4 Å². The summed E-state index contributed by atoms with van der Waals surface area (Å²) in [6.07, 6.45) is 1.59. The lowest BCUT2D eigenvalue weighted by atomic mass is 10.0. The standard InChI is InChI=1S/C15H9ClN2O3/c16-14-8-10(1-6-15(14)19)7-12(9-17)11-2-4-13(5-3-11)18(20)21/h1-8,19H/b12-7-. The molecule has 0 aromatic heterocycles. The van der Waals surface area contributed by atoms with Crippen LogP contribution in [-0.4, -0.2) is 10.0 Å². The molecule has 6 heteroatoms. The molecular weight excluding hydrogens is 292 g/mol. The van der Waals surface area contributed by atoms with E-state index in [9.17, 15) is 20.5 Å². The van der Waals surface area contributed by atoms with Crippen LogP contribution < -0.4 is 0 Å². The van der Waals surface area contributed by atoms with E-state index >= 15 is 0 Å². The topological polar surface area (TPSA) is 87.2 Å². The van der Waals surface area contributed by atoms with Gasteiger partial charge in [0.05, 0.1) is 21.6 Å². The van der Waals surface area contributed by atoms with Gasteiger partial charge in [-0.05, 0) is 41.5 Å². The van der Waals surface area contributed by atoms with Gasteiger partial charge in [0.2, 0.25) is 0 Å². The third-order valence-electron chi connectivity index (χ3n) is 2.79. The summed E-state index contributed by atoms with van der Waals surface area (Å²) in [6, 6.07) is 12.3. The first kappa shape index (κ1) is 14.6. The van der Waals surface area contributed by atoms with Crippen molar-refractivity contribution >= 4 is 28.9 Å². The van der Waals surface area contributed by atoms with Gasteiger partial charge in [-0.2, -0.15) is 5.26 Å². The molecule has 2 aromatic rings. The van der Waals surface area contributed by atoms with Crippen LogP contribution in [-0.2, 0) is 0 Å². The van der Waals surface area contributed by atoms with Crippen molar-refractivity contribution in [3.05, 3.63) is 68.7 Å². The number of halogens is 1. The number of non-ortho nitro benzene ring substituents is 1. The molecule has 104 valence electrons. The largest absolute Gasteiger partial charge is 0.506 e. The minimum atomic E-state index is -0.501. The molecule has 0 saturated carbocycles. The summed E-state index contributed by atoms with van der Waals surface area (Å²) in [5.41, 5.74) is 1.51. The Bertz CT molecular complexity index is 761. The van der Waals surface area contributed by atoms with Gasteiger partial charge in [0.1, 0.15) is 5.75 Å². The van der Waals surface area contributed by atoms with E-state index in [0.717, 1.165) is 0 Å². The van der Waals surface area contributed by atoms with E-state index in [-0.39, 0.29) is 16.5 Å². The lowest BCUT2D eigenvalue weighted by Crippen LogP contribution is -1.88. The van der Waals surface area contributed by atoms with Gasteiger partial charge >= 0.3 is 0 Å². The highest BCUT2D eigenvalue weighted by Gasteiger charge is 2.07. The van der Waals surface area contributed by atoms with E-state index in [0.29, 0.717) is 16.7 Å². The second-order valence-electron chi connectivity index (χ2n) is 4.18. The number of aromatic hydroxyl groups is 1. The van der Waals surface area contributed by atoms with Crippen LogP contribution in [0.15, 0.2) is 42.5 Å². The van der Waals surface area contributed by atoms with Crippen LogP contribution in [0.3, 0.4) is 0 Å². The Balaban J connectivity index is 2.39. The van der Waals surface area contributed by atoms with E-state index < -0.39 is 4.92 Å². The van der Waals surface area contributed by atoms with Gasteiger partial charge in [-0.3, -0.25) is 10.1 Å². The average molecular weight is 301 g/mol. The number of benzene rings is 2. The molecule has 0 saturated heterocycles. The van der Waals surface area contributed by atoms with Crippen LogP contribution in [0, 0.1) is 21.4 Å². The van der Waals surface area contributed by atoms with Gasteiger partial charge in [0.25, 0.3) is 5.69 Å².